The molecule has 0 aliphatic heterocycles. The van der Waals surface area contributed by atoms with Crippen molar-refractivity contribution in [2.45, 2.75) is 13.0 Å². The molecule has 0 heterocycles. The van der Waals surface area contributed by atoms with Crippen molar-refractivity contribution in [3.05, 3.63) is 28.1 Å². The molecule has 1 rings (SSSR count). The van der Waals surface area contributed by atoms with Crippen LogP contribution in [-0.2, 0) is 0 Å². The Morgan fingerprint density at radius 2 is 2.16 bits per heavy atom. The predicted molar refractivity (Wildman–Crippen MR) is 71.2 cm³/mol. The predicted octanol–water partition coefficient (Wildman–Crippen LogP) is 2.10. The van der Waals surface area contributed by atoms with Gasteiger partial charge >= 0.3 is 5.69 Å². The van der Waals surface area contributed by atoms with Crippen LogP contribution < -0.4 is 10.1 Å². The van der Waals surface area contributed by atoms with E-state index >= 15 is 0 Å². The van der Waals surface area contributed by atoms with Crippen LogP contribution in [0, 0.1) is 15.9 Å². The third-order valence-corrected chi connectivity index (χ3v) is 2.93. The van der Waals surface area contributed by atoms with E-state index in [0.717, 1.165) is 6.07 Å². The molecule has 0 saturated heterocycles. The highest BCUT2D eigenvalue weighted by Crippen LogP contribution is 2.32. The number of benzene rings is 1. The molecule has 106 valence electrons. The topological polar surface area (TPSA) is 67.6 Å². The number of ether oxygens (including phenoxy) is 1. The summed E-state index contributed by atoms with van der Waals surface area (Å²) in [6, 6.07) is 2.36. The lowest BCUT2D eigenvalue weighted by Crippen LogP contribution is -2.31. The quantitative estimate of drug-likeness (QED) is 0.634. The van der Waals surface area contributed by atoms with Gasteiger partial charge in [-0.05, 0) is 21.0 Å². The first kappa shape index (κ1) is 15.2. The Kier molecular flexibility index (Phi) is 5.05. The van der Waals surface area contributed by atoms with Crippen molar-refractivity contribution in [3.8, 4) is 5.75 Å². The Bertz CT molecular complexity index is 466. The second-order valence-corrected chi connectivity index (χ2v) is 4.45. The third kappa shape index (κ3) is 3.78. The van der Waals surface area contributed by atoms with Gasteiger partial charge in [0, 0.05) is 18.7 Å². The lowest BCUT2D eigenvalue weighted by molar-refractivity contribution is -0.385. The highest BCUT2D eigenvalue weighted by molar-refractivity contribution is 5.59. The number of nitro benzene ring substituents is 1. The SMILES string of the molecule is COc1cc(NCC(C)N(C)C)c(F)cc1[N+](=O)[O-]. The Balaban J connectivity index is 2.94. The molecular formula is C12H18FN3O3. The van der Waals surface area contributed by atoms with Crippen LogP contribution in [0.2, 0.25) is 0 Å². The summed E-state index contributed by atoms with van der Waals surface area (Å²) >= 11 is 0. The molecule has 0 amide bonds. The van der Waals surface area contributed by atoms with Crippen LogP contribution in [0.25, 0.3) is 0 Å². The maximum atomic E-state index is 13.7. The van der Waals surface area contributed by atoms with Crippen molar-refractivity contribution < 1.29 is 14.1 Å². The average Bonchev–Trinajstić information content (AvgIpc) is 2.36. The summed E-state index contributed by atoms with van der Waals surface area (Å²) in [4.78, 5) is 12.0. The van der Waals surface area contributed by atoms with Crippen LogP contribution in [0.4, 0.5) is 15.8 Å². The minimum absolute atomic E-state index is 0.0337. The Morgan fingerprint density at radius 3 is 2.63 bits per heavy atom. The van der Waals surface area contributed by atoms with Crippen LogP contribution in [0.1, 0.15) is 6.92 Å². The van der Waals surface area contributed by atoms with Crippen molar-refractivity contribution in [1.82, 2.24) is 4.90 Å². The fourth-order valence-corrected chi connectivity index (χ4v) is 1.42. The number of methoxy groups -OCH3 is 1. The van der Waals surface area contributed by atoms with E-state index in [9.17, 15) is 14.5 Å². The first-order valence-corrected chi connectivity index (χ1v) is 5.79. The molecule has 1 aromatic rings. The van der Waals surface area contributed by atoms with Crippen molar-refractivity contribution in [3.63, 3.8) is 0 Å². The molecule has 0 aliphatic rings. The first-order valence-electron chi connectivity index (χ1n) is 5.79. The van der Waals surface area contributed by atoms with Gasteiger partial charge < -0.3 is 15.0 Å². The lowest BCUT2D eigenvalue weighted by atomic mass is 10.2. The van der Waals surface area contributed by atoms with Crippen LogP contribution in [-0.4, -0.2) is 43.6 Å². The number of anilines is 1. The van der Waals surface area contributed by atoms with Crippen LogP contribution in [0.5, 0.6) is 5.75 Å². The molecule has 6 nitrogen and oxygen atoms in total. The average molecular weight is 271 g/mol. The van der Waals surface area contributed by atoms with Gasteiger partial charge in [-0.25, -0.2) is 4.39 Å². The molecule has 1 unspecified atom stereocenters. The smallest absolute Gasteiger partial charge is 0.313 e. The van der Waals surface area contributed by atoms with E-state index in [2.05, 4.69) is 5.32 Å². The zero-order valence-corrected chi connectivity index (χ0v) is 11.4. The standard InChI is InChI=1S/C12H18FN3O3/c1-8(15(2)3)7-14-10-6-12(19-4)11(16(17)18)5-9(10)13/h5-6,8,14H,7H2,1-4H3. The van der Waals surface area contributed by atoms with Crippen molar-refractivity contribution in [2.75, 3.05) is 33.1 Å². The second kappa shape index (κ2) is 6.33. The molecule has 1 N–H and O–H groups in total. The monoisotopic (exact) mass is 271 g/mol. The fraction of sp³-hybridized carbons (Fsp3) is 0.500. The summed E-state index contributed by atoms with van der Waals surface area (Å²) in [5.74, 6) is -0.634. The Morgan fingerprint density at radius 1 is 1.53 bits per heavy atom. The van der Waals surface area contributed by atoms with E-state index in [1.54, 1.807) is 0 Å². The molecule has 0 aromatic heterocycles. The van der Waals surface area contributed by atoms with E-state index in [-0.39, 0.29) is 23.2 Å². The van der Waals surface area contributed by atoms with E-state index in [4.69, 9.17) is 4.74 Å². The van der Waals surface area contributed by atoms with Crippen molar-refractivity contribution >= 4 is 11.4 Å². The van der Waals surface area contributed by atoms with Gasteiger partial charge in [-0.2, -0.15) is 0 Å². The van der Waals surface area contributed by atoms with Crippen LogP contribution >= 0.6 is 0 Å². The van der Waals surface area contributed by atoms with Gasteiger partial charge in [0.15, 0.2) is 11.6 Å². The largest absolute Gasteiger partial charge is 0.490 e. The van der Waals surface area contributed by atoms with Crippen molar-refractivity contribution in [1.29, 1.82) is 0 Å². The molecule has 0 bridgehead atoms. The summed E-state index contributed by atoms with van der Waals surface area (Å²) in [5, 5.41) is 13.6. The zero-order chi connectivity index (χ0) is 14.6. The number of rotatable bonds is 6. The van der Waals surface area contributed by atoms with E-state index in [1.165, 1.54) is 13.2 Å². The number of hydrogen-bond donors (Lipinski definition) is 1. The van der Waals surface area contributed by atoms with Gasteiger partial charge in [-0.3, -0.25) is 10.1 Å². The maximum absolute atomic E-state index is 13.7. The fourth-order valence-electron chi connectivity index (χ4n) is 1.42. The first-order chi connectivity index (χ1) is 8.86. The van der Waals surface area contributed by atoms with Gasteiger partial charge in [0.2, 0.25) is 0 Å². The van der Waals surface area contributed by atoms with Crippen LogP contribution in [0.15, 0.2) is 12.1 Å². The Labute approximate surface area is 111 Å². The highest BCUT2D eigenvalue weighted by atomic mass is 19.1. The Hall–Kier alpha value is -1.89. The van der Waals surface area contributed by atoms with E-state index < -0.39 is 10.7 Å². The normalized spacial score (nSPS) is 12.3. The van der Waals surface area contributed by atoms with Gasteiger partial charge in [-0.15, -0.1) is 0 Å². The van der Waals surface area contributed by atoms with Gasteiger partial charge in [0.25, 0.3) is 0 Å². The van der Waals surface area contributed by atoms with Gasteiger partial charge in [0.1, 0.15) is 0 Å². The van der Waals surface area contributed by atoms with E-state index in [1.807, 2.05) is 25.9 Å². The molecule has 1 aromatic carbocycles. The summed E-state index contributed by atoms with van der Waals surface area (Å²) in [6.07, 6.45) is 0. The van der Waals surface area contributed by atoms with Crippen LogP contribution in [0.3, 0.4) is 0 Å². The minimum Gasteiger partial charge on any atom is -0.490 e. The molecule has 7 heteroatoms. The molecule has 19 heavy (non-hydrogen) atoms. The molecule has 0 aliphatic carbocycles. The maximum Gasteiger partial charge on any atom is 0.313 e. The molecule has 1 atom stereocenters. The van der Waals surface area contributed by atoms with Gasteiger partial charge in [-0.1, -0.05) is 0 Å². The lowest BCUT2D eigenvalue weighted by Gasteiger charge is -2.21. The molecule has 0 saturated carbocycles. The molecule has 0 radical (unpaired) electrons. The summed E-state index contributed by atoms with van der Waals surface area (Å²) in [7, 11) is 5.14. The van der Waals surface area contributed by atoms with Crippen molar-refractivity contribution in [2.24, 2.45) is 0 Å². The number of nitrogens with one attached hydrogen (secondary N) is 1. The number of nitro groups is 1. The highest BCUT2D eigenvalue weighted by Gasteiger charge is 2.19. The number of likely N-dealkylation sites (N-methyl/N-ethyl adjacent to an activating group) is 1. The minimum atomic E-state index is -0.672. The molecule has 0 spiro atoms. The van der Waals surface area contributed by atoms with Gasteiger partial charge in [0.05, 0.1) is 23.8 Å². The second-order valence-electron chi connectivity index (χ2n) is 4.45. The molecular weight excluding hydrogens is 253 g/mol. The zero-order valence-electron chi connectivity index (χ0n) is 11.4. The number of nitrogens with zero attached hydrogens (tertiary/aromatic N) is 2. The van der Waals surface area contributed by atoms with E-state index in [0.29, 0.717) is 6.54 Å². The number of hydrogen-bond acceptors (Lipinski definition) is 5. The summed E-state index contributed by atoms with van der Waals surface area (Å²) < 4.78 is 18.6. The molecule has 0 fully saturated rings. The number of halogens is 1. The summed E-state index contributed by atoms with van der Waals surface area (Å²) in [6.45, 7) is 2.50. The summed E-state index contributed by atoms with van der Waals surface area (Å²) in [5.41, 5.74) is -0.192. The third-order valence-electron chi connectivity index (χ3n) is 2.93.